The molecule has 5 rings (SSSR count). The highest BCUT2D eigenvalue weighted by molar-refractivity contribution is 5.92. The van der Waals surface area contributed by atoms with Crippen molar-refractivity contribution >= 4 is 16.9 Å². The van der Waals surface area contributed by atoms with E-state index in [4.69, 9.17) is 0 Å². The van der Waals surface area contributed by atoms with Gasteiger partial charge in [-0.1, -0.05) is 0 Å². The molecule has 0 spiro atoms. The molecule has 0 saturated heterocycles. The average Bonchev–Trinajstić information content (AvgIpc) is 3.62. The van der Waals surface area contributed by atoms with Gasteiger partial charge in [-0.3, -0.25) is 9.78 Å². The Hall–Kier alpha value is -3.17. The number of fused-ring (bicyclic) bond motifs is 1. The van der Waals surface area contributed by atoms with Crippen molar-refractivity contribution < 1.29 is 22.7 Å². The van der Waals surface area contributed by atoms with E-state index in [0.29, 0.717) is 17.0 Å². The number of ether oxygens (including phenoxy) is 1. The Balaban J connectivity index is 1.50. The molecule has 0 aliphatic heterocycles. The van der Waals surface area contributed by atoms with Gasteiger partial charge in [0, 0.05) is 18.3 Å². The van der Waals surface area contributed by atoms with Crippen molar-refractivity contribution in [3.8, 4) is 5.75 Å². The fourth-order valence-corrected chi connectivity index (χ4v) is 3.78. The fourth-order valence-electron chi connectivity index (χ4n) is 3.78. The molecule has 2 aromatic heterocycles. The highest BCUT2D eigenvalue weighted by Gasteiger charge is 2.40. The van der Waals surface area contributed by atoms with Gasteiger partial charge in [0.25, 0.3) is 5.91 Å². The van der Waals surface area contributed by atoms with Crippen LogP contribution in [-0.2, 0) is 0 Å². The number of nitrogens with one attached hydrogen (secondary N) is 1. The third kappa shape index (κ3) is 4.19. The van der Waals surface area contributed by atoms with Crippen LogP contribution in [0.5, 0.6) is 5.75 Å². The van der Waals surface area contributed by atoms with Crippen LogP contribution in [0.3, 0.4) is 0 Å². The molecule has 31 heavy (non-hydrogen) atoms. The SMILES string of the molecule is Cc1cnc(C(=O)N[C@H](c2nc3cc(OC(F)(F)F)ccc3n2C2CC2)C2CC2)cn1. The number of carbonyl (C=O) groups excluding carboxylic acids is 1. The summed E-state index contributed by atoms with van der Waals surface area (Å²) in [5.74, 6) is 0.231. The van der Waals surface area contributed by atoms with Crippen LogP contribution in [0.25, 0.3) is 11.0 Å². The van der Waals surface area contributed by atoms with Crippen molar-refractivity contribution in [2.24, 2.45) is 5.92 Å². The molecular weight excluding hydrogens is 411 g/mol. The molecule has 162 valence electrons. The molecule has 2 aliphatic carbocycles. The Morgan fingerprint density at radius 1 is 1.19 bits per heavy atom. The van der Waals surface area contributed by atoms with Crippen LogP contribution in [0.2, 0.25) is 0 Å². The molecule has 2 heterocycles. The fraction of sp³-hybridized carbons (Fsp3) is 0.429. The van der Waals surface area contributed by atoms with Crippen LogP contribution in [-0.4, -0.2) is 31.8 Å². The number of amides is 1. The lowest BCUT2D eigenvalue weighted by Gasteiger charge is -2.19. The van der Waals surface area contributed by atoms with Crippen molar-refractivity contribution in [1.82, 2.24) is 24.8 Å². The molecule has 3 aromatic rings. The number of rotatable bonds is 6. The number of carbonyl (C=O) groups is 1. The first-order valence-electron chi connectivity index (χ1n) is 10.2. The number of nitrogens with zero attached hydrogens (tertiary/aromatic N) is 4. The van der Waals surface area contributed by atoms with E-state index >= 15 is 0 Å². The van der Waals surface area contributed by atoms with E-state index in [0.717, 1.165) is 31.2 Å². The number of imidazole rings is 1. The Morgan fingerprint density at radius 3 is 2.58 bits per heavy atom. The second kappa shape index (κ2) is 7.21. The van der Waals surface area contributed by atoms with Gasteiger partial charge in [-0.15, -0.1) is 13.2 Å². The minimum absolute atomic E-state index is 0.214. The lowest BCUT2D eigenvalue weighted by Crippen LogP contribution is -2.32. The van der Waals surface area contributed by atoms with E-state index in [-0.39, 0.29) is 35.4 Å². The minimum atomic E-state index is -4.77. The first-order valence-corrected chi connectivity index (χ1v) is 10.2. The molecule has 1 N–H and O–H groups in total. The summed E-state index contributed by atoms with van der Waals surface area (Å²) in [6.07, 6.45) is 2.01. The maximum absolute atomic E-state index is 12.8. The van der Waals surface area contributed by atoms with Gasteiger partial charge in [-0.25, -0.2) is 9.97 Å². The monoisotopic (exact) mass is 431 g/mol. The van der Waals surface area contributed by atoms with Crippen LogP contribution in [0.15, 0.2) is 30.6 Å². The predicted molar refractivity (Wildman–Crippen MR) is 104 cm³/mol. The lowest BCUT2D eigenvalue weighted by molar-refractivity contribution is -0.274. The molecular formula is C21H20F3N5O2. The normalized spacial score (nSPS) is 17.5. The van der Waals surface area contributed by atoms with E-state index in [1.807, 2.05) is 0 Å². The third-order valence-corrected chi connectivity index (χ3v) is 5.51. The quantitative estimate of drug-likeness (QED) is 0.631. The van der Waals surface area contributed by atoms with Crippen molar-refractivity contribution in [2.75, 3.05) is 0 Å². The summed E-state index contributed by atoms with van der Waals surface area (Å²) in [6, 6.07) is 4.07. The summed E-state index contributed by atoms with van der Waals surface area (Å²) in [6.45, 7) is 1.79. The van der Waals surface area contributed by atoms with Gasteiger partial charge in [-0.05, 0) is 50.7 Å². The zero-order valence-corrected chi connectivity index (χ0v) is 16.7. The number of halogens is 3. The van der Waals surface area contributed by atoms with Crippen LogP contribution >= 0.6 is 0 Å². The first kappa shape index (κ1) is 19.8. The number of hydrogen-bond donors (Lipinski definition) is 1. The van der Waals surface area contributed by atoms with E-state index in [9.17, 15) is 18.0 Å². The Kier molecular flexibility index (Phi) is 4.60. The Morgan fingerprint density at radius 2 is 1.97 bits per heavy atom. The number of hydrogen-bond acceptors (Lipinski definition) is 5. The average molecular weight is 431 g/mol. The molecule has 2 fully saturated rings. The van der Waals surface area contributed by atoms with Crippen LogP contribution < -0.4 is 10.1 Å². The van der Waals surface area contributed by atoms with Crippen molar-refractivity contribution in [3.05, 3.63) is 47.8 Å². The lowest BCUT2D eigenvalue weighted by atomic mass is 10.1. The van der Waals surface area contributed by atoms with Crippen LogP contribution in [0, 0.1) is 12.8 Å². The molecule has 7 nitrogen and oxygen atoms in total. The van der Waals surface area contributed by atoms with Gasteiger partial charge in [0.1, 0.15) is 17.3 Å². The van der Waals surface area contributed by atoms with Crippen molar-refractivity contribution in [1.29, 1.82) is 0 Å². The Labute approximate surface area is 175 Å². The van der Waals surface area contributed by atoms with Crippen molar-refractivity contribution in [3.63, 3.8) is 0 Å². The molecule has 2 saturated carbocycles. The van der Waals surface area contributed by atoms with Gasteiger partial charge >= 0.3 is 6.36 Å². The number of alkyl halides is 3. The number of aryl methyl sites for hydroxylation is 1. The van der Waals surface area contributed by atoms with Crippen LogP contribution in [0.1, 0.15) is 59.8 Å². The highest BCUT2D eigenvalue weighted by atomic mass is 19.4. The van der Waals surface area contributed by atoms with Crippen molar-refractivity contribution in [2.45, 2.75) is 51.1 Å². The molecule has 1 amide bonds. The topological polar surface area (TPSA) is 81.9 Å². The van der Waals surface area contributed by atoms with Gasteiger partial charge in [0.2, 0.25) is 0 Å². The molecule has 0 radical (unpaired) electrons. The molecule has 1 atom stereocenters. The smallest absolute Gasteiger partial charge is 0.406 e. The molecule has 2 aliphatic rings. The zero-order chi connectivity index (χ0) is 21.8. The maximum atomic E-state index is 12.8. The van der Waals surface area contributed by atoms with E-state index in [1.54, 1.807) is 13.0 Å². The van der Waals surface area contributed by atoms with Gasteiger partial charge in [0.05, 0.1) is 29.0 Å². The second-order valence-electron chi connectivity index (χ2n) is 8.10. The minimum Gasteiger partial charge on any atom is -0.406 e. The highest BCUT2D eigenvalue weighted by Crippen LogP contribution is 2.46. The zero-order valence-electron chi connectivity index (χ0n) is 16.7. The summed E-state index contributed by atoms with van der Waals surface area (Å²) in [5, 5.41) is 3.03. The summed E-state index contributed by atoms with van der Waals surface area (Å²) < 4.78 is 44.0. The van der Waals surface area contributed by atoms with E-state index in [1.165, 1.54) is 24.5 Å². The second-order valence-corrected chi connectivity index (χ2v) is 8.10. The predicted octanol–water partition coefficient (Wildman–Crippen LogP) is 4.25. The number of aromatic nitrogens is 4. The summed E-state index contributed by atoms with van der Waals surface area (Å²) in [7, 11) is 0. The van der Waals surface area contributed by atoms with Crippen LogP contribution in [0.4, 0.5) is 13.2 Å². The Bertz CT molecular complexity index is 1130. The van der Waals surface area contributed by atoms with E-state index in [2.05, 4.69) is 29.6 Å². The molecule has 0 unspecified atom stereocenters. The number of benzene rings is 1. The summed E-state index contributed by atoms with van der Waals surface area (Å²) in [4.78, 5) is 25.7. The molecule has 10 heteroatoms. The van der Waals surface area contributed by atoms with E-state index < -0.39 is 6.36 Å². The third-order valence-electron chi connectivity index (χ3n) is 5.51. The first-order chi connectivity index (χ1) is 14.8. The van der Waals surface area contributed by atoms with Gasteiger partial charge < -0.3 is 14.6 Å². The van der Waals surface area contributed by atoms with Gasteiger partial charge in [-0.2, -0.15) is 0 Å². The molecule has 1 aromatic carbocycles. The van der Waals surface area contributed by atoms with Gasteiger partial charge in [0.15, 0.2) is 0 Å². The standard InChI is InChI=1S/C21H20F3N5O2/c1-11-9-26-16(10-25-11)20(30)28-18(12-2-3-12)19-27-15-8-14(31-21(22,23)24)6-7-17(15)29(19)13-4-5-13/h6-10,12-13,18H,2-5H2,1H3,(H,28,30)/t18-/m0/s1. The largest absolute Gasteiger partial charge is 0.573 e. The summed E-state index contributed by atoms with van der Waals surface area (Å²) in [5.41, 5.74) is 2.08. The maximum Gasteiger partial charge on any atom is 0.573 e. The summed E-state index contributed by atoms with van der Waals surface area (Å²) >= 11 is 0. The molecule has 0 bridgehead atoms.